The van der Waals surface area contributed by atoms with Crippen LogP contribution >= 0.6 is 11.8 Å². The standard InChI is InChI=1S/C25H20N2O4S/c1-29-20-9-5-6-18(16-20)26-25-27(19-7-3-2-4-8-19)24(28)23(32-25)15-17-10-11-21-22(14-17)31-13-12-30-21/h2-11,14-16H,12-13H2,1H3/b23-15-,26-25-. The number of carbonyl (C=O) groups excluding carboxylic acids is 1. The molecule has 1 amide bonds. The Bertz CT molecular complexity index is 1220. The average Bonchev–Trinajstić information content (AvgIpc) is 3.13. The summed E-state index contributed by atoms with van der Waals surface area (Å²) in [6, 6.07) is 22.6. The summed E-state index contributed by atoms with van der Waals surface area (Å²) in [5.74, 6) is 1.98. The molecule has 0 spiro atoms. The number of amides is 1. The molecular formula is C25H20N2O4S. The molecule has 0 radical (unpaired) electrons. The molecule has 32 heavy (non-hydrogen) atoms. The van der Waals surface area contributed by atoms with Gasteiger partial charge in [-0.2, -0.15) is 0 Å². The number of fused-ring (bicyclic) bond motifs is 1. The Kier molecular flexibility index (Phi) is 5.56. The SMILES string of the molecule is COc1cccc(/N=C2\S/C(=C\c3ccc4c(c3)OCCO4)C(=O)N2c2ccccc2)c1. The molecule has 0 aliphatic carbocycles. The quantitative estimate of drug-likeness (QED) is 0.513. The normalized spacial score (nSPS) is 17.8. The molecule has 0 atom stereocenters. The maximum absolute atomic E-state index is 13.4. The molecule has 0 unspecified atom stereocenters. The smallest absolute Gasteiger partial charge is 0.271 e. The van der Waals surface area contributed by atoms with E-state index < -0.39 is 0 Å². The number of ether oxygens (including phenoxy) is 3. The summed E-state index contributed by atoms with van der Waals surface area (Å²) in [5, 5.41) is 0.582. The number of para-hydroxylation sites is 1. The molecule has 3 aromatic carbocycles. The molecule has 1 saturated heterocycles. The van der Waals surface area contributed by atoms with Crippen molar-refractivity contribution < 1.29 is 19.0 Å². The van der Waals surface area contributed by atoms with Crippen molar-refractivity contribution in [3.63, 3.8) is 0 Å². The number of methoxy groups -OCH3 is 1. The third-order valence-electron chi connectivity index (χ3n) is 4.96. The second-order valence-corrected chi connectivity index (χ2v) is 8.09. The van der Waals surface area contributed by atoms with Crippen LogP contribution in [0.2, 0.25) is 0 Å². The summed E-state index contributed by atoms with van der Waals surface area (Å²) >= 11 is 1.34. The van der Waals surface area contributed by atoms with Crippen LogP contribution in [0.25, 0.3) is 6.08 Å². The zero-order chi connectivity index (χ0) is 21.9. The van der Waals surface area contributed by atoms with Crippen molar-refractivity contribution in [2.24, 2.45) is 4.99 Å². The van der Waals surface area contributed by atoms with Gasteiger partial charge in [0.05, 0.1) is 23.4 Å². The molecule has 2 aliphatic heterocycles. The van der Waals surface area contributed by atoms with Gasteiger partial charge < -0.3 is 14.2 Å². The van der Waals surface area contributed by atoms with Crippen LogP contribution < -0.4 is 19.1 Å². The lowest BCUT2D eigenvalue weighted by atomic mass is 10.1. The van der Waals surface area contributed by atoms with Crippen molar-refractivity contribution in [2.45, 2.75) is 0 Å². The number of anilines is 1. The van der Waals surface area contributed by atoms with Crippen LogP contribution in [0.3, 0.4) is 0 Å². The first-order valence-corrected chi connectivity index (χ1v) is 10.9. The molecule has 0 N–H and O–H groups in total. The Balaban J connectivity index is 1.53. The van der Waals surface area contributed by atoms with Crippen LogP contribution in [-0.4, -0.2) is 31.4 Å². The van der Waals surface area contributed by atoms with E-state index in [-0.39, 0.29) is 5.91 Å². The first-order valence-electron chi connectivity index (χ1n) is 10.1. The van der Waals surface area contributed by atoms with Crippen molar-refractivity contribution >= 4 is 40.3 Å². The predicted octanol–water partition coefficient (Wildman–Crippen LogP) is 5.28. The highest BCUT2D eigenvalue weighted by atomic mass is 32.2. The summed E-state index contributed by atoms with van der Waals surface area (Å²) in [7, 11) is 1.62. The molecule has 0 bridgehead atoms. The van der Waals surface area contributed by atoms with Crippen LogP contribution in [0.4, 0.5) is 11.4 Å². The highest BCUT2D eigenvalue weighted by Gasteiger charge is 2.34. The van der Waals surface area contributed by atoms with Crippen LogP contribution in [0.15, 0.2) is 82.7 Å². The van der Waals surface area contributed by atoms with Gasteiger partial charge in [-0.1, -0.05) is 30.3 Å². The zero-order valence-corrected chi connectivity index (χ0v) is 18.2. The Labute approximate surface area is 190 Å². The van der Waals surface area contributed by atoms with Gasteiger partial charge in [-0.25, -0.2) is 4.99 Å². The van der Waals surface area contributed by atoms with Crippen molar-refractivity contribution in [1.29, 1.82) is 0 Å². The lowest BCUT2D eigenvalue weighted by molar-refractivity contribution is -0.113. The van der Waals surface area contributed by atoms with Gasteiger partial charge in [0, 0.05) is 6.07 Å². The minimum atomic E-state index is -0.127. The Morgan fingerprint density at radius 2 is 1.78 bits per heavy atom. The fourth-order valence-electron chi connectivity index (χ4n) is 3.45. The molecule has 3 aromatic rings. The van der Waals surface area contributed by atoms with Gasteiger partial charge >= 0.3 is 0 Å². The van der Waals surface area contributed by atoms with E-state index in [4.69, 9.17) is 19.2 Å². The van der Waals surface area contributed by atoms with Gasteiger partial charge in [0.25, 0.3) is 5.91 Å². The summed E-state index contributed by atoms with van der Waals surface area (Å²) in [4.78, 5) is 20.4. The predicted molar refractivity (Wildman–Crippen MR) is 127 cm³/mol. The third-order valence-corrected chi connectivity index (χ3v) is 5.93. The Morgan fingerprint density at radius 1 is 0.969 bits per heavy atom. The first kappa shape index (κ1) is 20.2. The first-order chi connectivity index (χ1) is 15.7. The molecule has 1 fully saturated rings. The maximum atomic E-state index is 13.4. The maximum Gasteiger partial charge on any atom is 0.271 e. The van der Waals surface area contributed by atoms with E-state index in [0.29, 0.717) is 40.5 Å². The molecule has 6 nitrogen and oxygen atoms in total. The second kappa shape index (κ2) is 8.80. The monoisotopic (exact) mass is 444 g/mol. The van der Waals surface area contributed by atoms with E-state index in [1.165, 1.54) is 11.8 Å². The number of carbonyl (C=O) groups is 1. The number of amidine groups is 1. The number of nitrogens with zero attached hydrogens (tertiary/aromatic N) is 2. The van der Waals surface area contributed by atoms with E-state index in [1.54, 1.807) is 12.0 Å². The number of benzene rings is 3. The summed E-state index contributed by atoms with van der Waals surface area (Å²) in [6.07, 6.45) is 1.86. The minimum Gasteiger partial charge on any atom is -0.497 e. The van der Waals surface area contributed by atoms with E-state index in [9.17, 15) is 4.79 Å². The molecule has 0 saturated carbocycles. The van der Waals surface area contributed by atoms with Crippen LogP contribution in [0, 0.1) is 0 Å². The van der Waals surface area contributed by atoms with Gasteiger partial charge in [-0.15, -0.1) is 0 Å². The van der Waals surface area contributed by atoms with Crippen molar-refractivity contribution in [3.05, 3.63) is 83.3 Å². The summed E-state index contributed by atoms with van der Waals surface area (Å²) in [5.41, 5.74) is 2.33. The van der Waals surface area contributed by atoms with Gasteiger partial charge in [0.15, 0.2) is 16.7 Å². The van der Waals surface area contributed by atoms with Crippen molar-refractivity contribution in [3.8, 4) is 17.2 Å². The number of rotatable bonds is 4. The molecule has 0 aromatic heterocycles. The molecule has 2 aliphatic rings. The second-order valence-electron chi connectivity index (χ2n) is 7.09. The van der Waals surface area contributed by atoms with Crippen LogP contribution in [0.5, 0.6) is 17.2 Å². The molecule has 7 heteroatoms. The number of hydrogen-bond acceptors (Lipinski definition) is 6. The highest BCUT2D eigenvalue weighted by molar-refractivity contribution is 8.19. The summed E-state index contributed by atoms with van der Waals surface area (Å²) < 4.78 is 16.6. The largest absolute Gasteiger partial charge is 0.497 e. The Hall–Kier alpha value is -3.71. The number of aliphatic imine (C=N–C) groups is 1. The number of hydrogen-bond donors (Lipinski definition) is 0. The van der Waals surface area contributed by atoms with E-state index in [1.807, 2.05) is 78.9 Å². The van der Waals surface area contributed by atoms with E-state index >= 15 is 0 Å². The van der Waals surface area contributed by atoms with Crippen LogP contribution in [-0.2, 0) is 4.79 Å². The van der Waals surface area contributed by atoms with Gasteiger partial charge in [0.2, 0.25) is 0 Å². The molecular weight excluding hydrogens is 424 g/mol. The fraction of sp³-hybridized carbons (Fsp3) is 0.120. The number of thioether (sulfide) groups is 1. The highest BCUT2D eigenvalue weighted by Crippen LogP contribution is 2.39. The fourth-order valence-corrected chi connectivity index (χ4v) is 4.45. The van der Waals surface area contributed by atoms with Gasteiger partial charge in [-0.3, -0.25) is 9.69 Å². The van der Waals surface area contributed by atoms with E-state index in [2.05, 4.69) is 0 Å². The van der Waals surface area contributed by atoms with Crippen molar-refractivity contribution in [1.82, 2.24) is 0 Å². The topological polar surface area (TPSA) is 60.4 Å². The Morgan fingerprint density at radius 3 is 2.59 bits per heavy atom. The minimum absolute atomic E-state index is 0.127. The third kappa shape index (κ3) is 4.07. The van der Waals surface area contributed by atoms with Crippen molar-refractivity contribution in [2.75, 3.05) is 25.2 Å². The zero-order valence-electron chi connectivity index (χ0n) is 17.4. The van der Waals surface area contributed by atoms with Crippen LogP contribution in [0.1, 0.15) is 5.56 Å². The van der Waals surface area contributed by atoms with E-state index in [0.717, 1.165) is 17.0 Å². The average molecular weight is 445 g/mol. The lowest BCUT2D eigenvalue weighted by Gasteiger charge is -2.18. The van der Waals surface area contributed by atoms with Gasteiger partial charge in [0.1, 0.15) is 19.0 Å². The molecule has 5 rings (SSSR count). The molecule has 2 heterocycles. The molecule has 160 valence electrons. The van der Waals surface area contributed by atoms with Gasteiger partial charge in [-0.05, 0) is 59.8 Å². The summed E-state index contributed by atoms with van der Waals surface area (Å²) in [6.45, 7) is 1.05. The lowest BCUT2D eigenvalue weighted by Crippen LogP contribution is -2.28.